The largest absolute Gasteiger partial charge is 0.383 e. The minimum Gasteiger partial charge on any atom is -0.383 e. The summed E-state index contributed by atoms with van der Waals surface area (Å²) in [5.41, 5.74) is 9.49. The number of nitrogens with zero attached hydrogens (tertiary/aromatic N) is 2. The van der Waals surface area contributed by atoms with Crippen molar-refractivity contribution in [1.82, 2.24) is 9.78 Å². The van der Waals surface area contributed by atoms with Crippen LogP contribution in [0.5, 0.6) is 0 Å². The maximum atomic E-state index is 6.37. The van der Waals surface area contributed by atoms with E-state index in [1.54, 1.807) is 4.68 Å². The minimum absolute atomic E-state index is 0.596. The molecule has 2 aliphatic rings. The summed E-state index contributed by atoms with van der Waals surface area (Å²) in [4.78, 5) is 0. The standard InChI is InChI=1S/C16H18ClN3/c1-20-16(18)14(11-5-2-3-8-12(11)17)15(19-20)13-9-6-4-7-10(9)13/h2-3,5,8-10,13H,4,6-7,18H2,1H3. The summed E-state index contributed by atoms with van der Waals surface area (Å²) in [6.07, 6.45) is 4.05. The third-order valence-corrected chi connectivity index (χ3v) is 5.31. The first kappa shape index (κ1) is 12.3. The zero-order valence-corrected chi connectivity index (χ0v) is 12.3. The van der Waals surface area contributed by atoms with Crippen LogP contribution in [0.3, 0.4) is 0 Å². The Kier molecular flexibility index (Phi) is 2.61. The summed E-state index contributed by atoms with van der Waals surface area (Å²) in [6.45, 7) is 0. The number of nitrogens with two attached hydrogens (primary N) is 1. The van der Waals surface area contributed by atoms with Crippen LogP contribution in [0.1, 0.15) is 30.9 Å². The van der Waals surface area contributed by atoms with E-state index in [1.807, 2.05) is 31.3 Å². The highest BCUT2D eigenvalue weighted by molar-refractivity contribution is 6.33. The molecule has 0 spiro atoms. The molecule has 1 aromatic heterocycles. The van der Waals surface area contributed by atoms with E-state index < -0.39 is 0 Å². The van der Waals surface area contributed by atoms with Gasteiger partial charge in [-0.15, -0.1) is 0 Å². The highest BCUT2D eigenvalue weighted by Crippen LogP contribution is 2.64. The first-order valence-electron chi connectivity index (χ1n) is 7.25. The maximum absolute atomic E-state index is 6.37. The Morgan fingerprint density at radius 3 is 2.65 bits per heavy atom. The van der Waals surface area contributed by atoms with Gasteiger partial charge in [-0.05, 0) is 30.7 Å². The summed E-state index contributed by atoms with van der Waals surface area (Å²) < 4.78 is 1.79. The monoisotopic (exact) mass is 287 g/mol. The van der Waals surface area contributed by atoms with Crippen molar-refractivity contribution in [1.29, 1.82) is 0 Å². The molecule has 2 atom stereocenters. The second-order valence-electron chi connectivity index (χ2n) is 6.03. The van der Waals surface area contributed by atoms with Crippen LogP contribution < -0.4 is 5.73 Å². The number of hydrogen-bond donors (Lipinski definition) is 1. The summed E-state index contributed by atoms with van der Waals surface area (Å²) in [5.74, 6) is 2.97. The zero-order valence-electron chi connectivity index (χ0n) is 11.5. The fourth-order valence-corrected chi connectivity index (χ4v) is 4.19. The molecule has 20 heavy (non-hydrogen) atoms. The molecule has 0 bridgehead atoms. The molecule has 0 aliphatic heterocycles. The van der Waals surface area contributed by atoms with Gasteiger partial charge in [0.05, 0.1) is 5.69 Å². The fourth-order valence-electron chi connectivity index (χ4n) is 3.96. The smallest absolute Gasteiger partial charge is 0.129 e. The lowest BCUT2D eigenvalue weighted by Crippen LogP contribution is -1.98. The molecule has 2 N–H and O–H groups in total. The van der Waals surface area contributed by atoms with Gasteiger partial charge in [0.1, 0.15) is 5.82 Å². The van der Waals surface area contributed by atoms with Crippen molar-refractivity contribution in [2.24, 2.45) is 18.9 Å². The summed E-state index contributed by atoms with van der Waals surface area (Å²) in [5, 5.41) is 5.45. The lowest BCUT2D eigenvalue weighted by Gasteiger charge is -2.07. The van der Waals surface area contributed by atoms with Crippen molar-refractivity contribution in [2.45, 2.75) is 25.2 Å². The van der Waals surface area contributed by atoms with Gasteiger partial charge in [-0.2, -0.15) is 5.10 Å². The first-order chi connectivity index (χ1) is 9.68. The Morgan fingerprint density at radius 1 is 1.25 bits per heavy atom. The van der Waals surface area contributed by atoms with E-state index in [0.717, 1.165) is 39.5 Å². The van der Waals surface area contributed by atoms with Crippen molar-refractivity contribution in [2.75, 3.05) is 5.73 Å². The van der Waals surface area contributed by atoms with Crippen LogP contribution in [-0.2, 0) is 7.05 Å². The van der Waals surface area contributed by atoms with Gasteiger partial charge in [-0.1, -0.05) is 36.2 Å². The van der Waals surface area contributed by atoms with Gasteiger partial charge in [0.2, 0.25) is 0 Å². The molecule has 4 heteroatoms. The van der Waals surface area contributed by atoms with E-state index >= 15 is 0 Å². The predicted octanol–water partition coefficient (Wildman–Crippen LogP) is 3.84. The van der Waals surface area contributed by atoms with Crippen LogP contribution in [-0.4, -0.2) is 9.78 Å². The molecular weight excluding hydrogens is 270 g/mol. The maximum Gasteiger partial charge on any atom is 0.129 e. The van der Waals surface area contributed by atoms with Crippen molar-refractivity contribution in [3.8, 4) is 11.1 Å². The summed E-state index contributed by atoms with van der Waals surface area (Å²) in [7, 11) is 1.91. The molecule has 104 valence electrons. The van der Waals surface area contributed by atoms with Crippen molar-refractivity contribution in [3.05, 3.63) is 35.0 Å². The normalized spacial score (nSPS) is 27.6. The molecule has 2 fully saturated rings. The van der Waals surface area contributed by atoms with E-state index in [4.69, 9.17) is 22.4 Å². The quantitative estimate of drug-likeness (QED) is 0.912. The van der Waals surface area contributed by atoms with Gasteiger partial charge in [0.25, 0.3) is 0 Å². The summed E-state index contributed by atoms with van der Waals surface area (Å²) in [6, 6.07) is 7.91. The Balaban J connectivity index is 1.85. The number of rotatable bonds is 2. The molecule has 1 aromatic carbocycles. The Morgan fingerprint density at radius 2 is 1.95 bits per heavy atom. The van der Waals surface area contributed by atoms with Gasteiger partial charge in [-0.25, -0.2) is 0 Å². The number of fused-ring (bicyclic) bond motifs is 1. The highest BCUT2D eigenvalue weighted by atomic mass is 35.5. The molecular formula is C16H18ClN3. The Labute approximate surface area is 123 Å². The average Bonchev–Trinajstić information content (AvgIpc) is 2.78. The van der Waals surface area contributed by atoms with Gasteiger partial charge in [0.15, 0.2) is 0 Å². The molecule has 2 saturated carbocycles. The number of aromatic nitrogens is 2. The van der Waals surface area contributed by atoms with Crippen molar-refractivity contribution in [3.63, 3.8) is 0 Å². The van der Waals surface area contributed by atoms with Crippen LogP contribution in [0.4, 0.5) is 5.82 Å². The fraction of sp³-hybridized carbons (Fsp3) is 0.438. The second-order valence-corrected chi connectivity index (χ2v) is 6.44. The number of hydrogen-bond acceptors (Lipinski definition) is 2. The number of anilines is 1. The van der Waals surface area contributed by atoms with Crippen LogP contribution in [0.25, 0.3) is 11.1 Å². The Hall–Kier alpha value is -1.48. The van der Waals surface area contributed by atoms with Crippen molar-refractivity contribution >= 4 is 17.4 Å². The molecule has 2 aliphatic carbocycles. The van der Waals surface area contributed by atoms with Gasteiger partial charge >= 0.3 is 0 Å². The van der Waals surface area contributed by atoms with Crippen LogP contribution in [0.15, 0.2) is 24.3 Å². The minimum atomic E-state index is 0.596. The van der Waals surface area contributed by atoms with Gasteiger partial charge in [0, 0.05) is 29.1 Å². The van der Waals surface area contributed by atoms with E-state index in [0.29, 0.717) is 5.92 Å². The topological polar surface area (TPSA) is 43.8 Å². The number of nitrogen functional groups attached to an aromatic ring is 1. The van der Waals surface area contributed by atoms with Crippen LogP contribution in [0, 0.1) is 11.8 Å². The average molecular weight is 288 g/mol. The SMILES string of the molecule is Cn1nc(C2C3CCCC32)c(-c2ccccc2Cl)c1N. The van der Waals surface area contributed by atoms with Crippen molar-refractivity contribution < 1.29 is 0 Å². The lowest BCUT2D eigenvalue weighted by molar-refractivity contribution is 0.655. The number of halogens is 1. The highest BCUT2D eigenvalue weighted by Gasteiger charge is 2.55. The predicted molar refractivity (Wildman–Crippen MR) is 81.6 cm³/mol. The first-order valence-corrected chi connectivity index (χ1v) is 7.63. The molecule has 3 nitrogen and oxygen atoms in total. The third kappa shape index (κ3) is 1.62. The number of benzene rings is 1. The van der Waals surface area contributed by atoms with E-state index in [-0.39, 0.29) is 0 Å². The molecule has 2 unspecified atom stereocenters. The van der Waals surface area contributed by atoms with E-state index in [2.05, 4.69) is 0 Å². The van der Waals surface area contributed by atoms with Crippen LogP contribution >= 0.6 is 11.6 Å². The second kappa shape index (κ2) is 4.26. The molecule has 4 rings (SSSR count). The molecule has 1 heterocycles. The molecule has 0 radical (unpaired) electrons. The van der Waals surface area contributed by atoms with Gasteiger partial charge in [-0.3, -0.25) is 4.68 Å². The lowest BCUT2D eigenvalue weighted by atomic mass is 9.99. The third-order valence-electron chi connectivity index (χ3n) is 4.98. The van der Waals surface area contributed by atoms with E-state index in [1.165, 1.54) is 19.3 Å². The zero-order chi connectivity index (χ0) is 13.9. The Bertz CT molecular complexity index is 666. The van der Waals surface area contributed by atoms with Gasteiger partial charge < -0.3 is 5.73 Å². The van der Waals surface area contributed by atoms with Crippen LogP contribution in [0.2, 0.25) is 5.02 Å². The molecule has 0 amide bonds. The number of aryl methyl sites for hydroxylation is 1. The molecule has 0 saturated heterocycles. The van der Waals surface area contributed by atoms with E-state index in [9.17, 15) is 0 Å². The summed E-state index contributed by atoms with van der Waals surface area (Å²) >= 11 is 6.37. The molecule has 2 aromatic rings.